The molecule has 2 saturated heterocycles. The predicted molar refractivity (Wildman–Crippen MR) is 74.5 cm³/mol. The van der Waals surface area contributed by atoms with Crippen LogP contribution in [0.3, 0.4) is 0 Å². The van der Waals surface area contributed by atoms with Crippen LogP contribution in [0.15, 0.2) is 0 Å². The van der Waals surface area contributed by atoms with Crippen molar-refractivity contribution < 1.29 is 4.79 Å². The number of ketones is 1. The van der Waals surface area contributed by atoms with Gasteiger partial charge in [0.05, 0.1) is 12.1 Å². The number of rotatable bonds is 4. The van der Waals surface area contributed by atoms with E-state index in [1.807, 2.05) is 14.1 Å². The summed E-state index contributed by atoms with van der Waals surface area (Å²) < 4.78 is 0. The molecule has 108 valence electrons. The standard InChI is InChI=1S/C15H22N4O/c1-18-7-3-5-13(18)11(9-16)15(20)12(10-17)14-6-4-8-19(14)2/h11-14H,3-8H2,1-2H3/t11-,12-,13?,14?/m1/s1. The summed E-state index contributed by atoms with van der Waals surface area (Å²) in [5, 5.41) is 18.8. The zero-order valence-corrected chi connectivity index (χ0v) is 12.2. The highest BCUT2D eigenvalue weighted by Gasteiger charge is 2.42. The quantitative estimate of drug-likeness (QED) is 0.765. The van der Waals surface area contributed by atoms with Crippen LogP contribution in [0.4, 0.5) is 0 Å². The van der Waals surface area contributed by atoms with E-state index in [4.69, 9.17) is 0 Å². The number of carbonyl (C=O) groups is 1. The first-order valence-corrected chi connectivity index (χ1v) is 7.33. The lowest BCUT2D eigenvalue weighted by Gasteiger charge is -2.28. The van der Waals surface area contributed by atoms with E-state index < -0.39 is 11.8 Å². The minimum absolute atomic E-state index is 0.0185. The molecular formula is C15H22N4O. The van der Waals surface area contributed by atoms with Crippen molar-refractivity contribution in [1.29, 1.82) is 10.5 Å². The minimum Gasteiger partial charge on any atom is -0.302 e. The summed E-state index contributed by atoms with van der Waals surface area (Å²) in [6, 6.07) is 4.30. The summed E-state index contributed by atoms with van der Waals surface area (Å²) >= 11 is 0. The van der Waals surface area contributed by atoms with Crippen LogP contribution < -0.4 is 0 Å². The van der Waals surface area contributed by atoms with Crippen LogP contribution in [-0.4, -0.2) is 54.9 Å². The summed E-state index contributed by atoms with van der Waals surface area (Å²) in [6.07, 6.45) is 3.79. The van der Waals surface area contributed by atoms with Crippen molar-refractivity contribution in [3.8, 4) is 12.1 Å². The van der Waals surface area contributed by atoms with Gasteiger partial charge in [-0.2, -0.15) is 10.5 Å². The Kier molecular flexibility index (Phi) is 4.75. The molecule has 2 heterocycles. The predicted octanol–water partition coefficient (Wildman–Crippen LogP) is 1.02. The molecule has 2 unspecified atom stereocenters. The topological polar surface area (TPSA) is 71.1 Å². The van der Waals surface area contributed by atoms with Crippen molar-refractivity contribution in [2.24, 2.45) is 11.8 Å². The SMILES string of the molecule is CN1CCCC1[C@@H](C#N)C(=O)[C@H](C#N)C1CCCN1C. The number of carbonyl (C=O) groups excluding carboxylic acids is 1. The van der Waals surface area contributed by atoms with Crippen LogP contribution in [0.25, 0.3) is 0 Å². The molecule has 0 amide bonds. The average molecular weight is 274 g/mol. The van der Waals surface area contributed by atoms with Crippen LogP contribution in [0, 0.1) is 34.5 Å². The highest BCUT2D eigenvalue weighted by molar-refractivity contribution is 5.89. The molecule has 0 saturated carbocycles. The molecule has 2 aliphatic heterocycles. The maximum absolute atomic E-state index is 12.7. The lowest BCUT2D eigenvalue weighted by atomic mass is 9.83. The van der Waals surface area contributed by atoms with Crippen LogP contribution >= 0.6 is 0 Å². The van der Waals surface area contributed by atoms with E-state index >= 15 is 0 Å². The largest absolute Gasteiger partial charge is 0.302 e. The highest BCUT2D eigenvalue weighted by Crippen LogP contribution is 2.29. The van der Waals surface area contributed by atoms with Gasteiger partial charge >= 0.3 is 0 Å². The van der Waals surface area contributed by atoms with E-state index in [0.29, 0.717) is 0 Å². The zero-order chi connectivity index (χ0) is 14.7. The molecule has 0 aliphatic carbocycles. The van der Waals surface area contributed by atoms with Crippen LogP contribution in [0.1, 0.15) is 25.7 Å². The lowest BCUT2D eigenvalue weighted by molar-refractivity contribution is -0.126. The van der Waals surface area contributed by atoms with E-state index in [1.165, 1.54) is 0 Å². The first kappa shape index (κ1) is 15.0. The Morgan fingerprint density at radius 2 is 1.40 bits per heavy atom. The molecule has 2 aliphatic rings. The van der Waals surface area contributed by atoms with Gasteiger partial charge in [-0.15, -0.1) is 0 Å². The normalized spacial score (nSPS) is 30.6. The Morgan fingerprint density at radius 3 is 1.65 bits per heavy atom. The molecule has 0 aromatic heterocycles. The van der Waals surface area contributed by atoms with Gasteiger partial charge in [0.2, 0.25) is 0 Å². The Balaban J connectivity index is 2.14. The van der Waals surface area contributed by atoms with E-state index in [1.54, 1.807) is 0 Å². The highest BCUT2D eigenvalue weighted by atomic mass is 16.1. The second-order valence-electron chi connectivity index (χ2n) is 6.00. The molecule has 0 aromatic rings. The monoisotopic (exact) mass is 274 g/mol. The molecule has 4 atom stereocenters. The fourth-order valence-corrected chi connectivity index (χ4v) is 3.59. The van der Waals surface area contributed by atoms with Crippen molar-refractivity contribution in [2.75, 3.05) is 27.2 Å². The molecule has 2 fully saturated rings. The molecule has 0 spiro atoms. The Bertz CT molecular complexity index is 410. The number of likely N-dealkylation sites (tertiary alicyclic amines) is 2. The van der Waals surface area contributed by atoms with E-state index in [9.17, 15) is 15.3 Å². The maximum Gasteiger partial charge on any atom is 0.170 e. The van der Waals surface area contributed by atoms with Gasteiger partial charge in [-0.3, -0.25) is 4.79 Å². The van der Waals surface area contributed by atoms with Crippen LogP contribution in [0.2, 0.25) is 0 Å². The summed E-state index contributed by atoms with van der Waals surface area (Å²) in [5.74, 6) is -1.50. The number of Topliss-reactive ketones (excluding diaryl/α,β-unsaturated/α-hetero) is 1. The molecular weight excluding hydrogens is 252 g/mol. The summed E-state index contributed by atoms with van der Waals surface area (Å²) in [7, 11) is 3.91. The first-order chi connectivity index (χ1) is 9.60. The van der Waals surface area contributed by atoms with E-state index in [0.717, 1.165) is 38.8 Å². The van der Waals surface area contributed by atoms with Gasteiger partial charge in [0.25, 0.3) is 0 Å². The van der Waals surface area contributed by atoms with Gasteiger partial charge in [-0.25, -0.2) is 0 Å². The molecule has 0 aromatic carbocycles. The third-order valence-electron chi connectivity index (χ3n) is 4.81. The van der Waals surface area contributed by atoms with Crippen LogP contribution in [0.5, 0.6) is 0 Å². The van der Waals surface area contributed by atoms with Gasteiger partial charge in [0.1, 0.15) is 11.8 Å². The summed E-state index contributed by atoms with van der Waals surface area (Å²) in [4.78, 5) is 16.8. The molecule has 5 heteroatoms. The Hall–Kier alpha value is -1.43. The van der Waals surface area contributed by atoms with Gasteiger partial charge in [0, 0.05) is 12.1 Å². The number of hydrogen-bond donors (Lipinski definition) is 0. The summed E-state index contributed by atoms with van der Waals surface area (Å²) in [6.45, 7) is 1.85. The maximum atomic E-state index is 12.7. The van der Waals surface area contributed by atoms with Gasteiger partial charge in [-0.05, 0) is 52.9 Å². The second kappa shape index (κ2) is 6.35. The number of hydrogen-bond acceptors (Lipinski definition) is 5. The lowest BCUT2D eigenvalue weighted by Crippen LogP contribution is -2.44. The first-order valence-electron chi connectivity index (χ1n) is 7.33. The van der Waals surface area contributed by atoms with E-state index in [2.05, 4.69) is 21.9 Å². The van der Waals surface area contributed by atoms with Crippen molar-refractivity contribution in [1.82, 2.24) is 9.80 Å². The molecule has 5 nitrogen and oxygen atoms in total. The molecule has 0 bridgehead atoms. The third kappa shape index (κ3) is 2.70. The van der Waals surface area contributed by atoms with Gasteiger partial charge in [-0.1, -0.05) is 0 Å². The van der Waals surface area contributed by atoms with Crippen molar-refractivity contribution >= 4 is 5.78 Å². The molecule has 0 N–H and O–H groups in total. The number of nitriles is 2. The average Bonchev–Trinajstić information content (AvgIpc) is 3.02. The van der Waals surface area contributed by atoms with Crippen molar-refractivity contribution in [3.63, 3.8) is 0 Å². The minimum atomic E-state index is -0.666. The molecule has 0 radical (unpaired) electrons. The van der Waals surface area contributed by atoms with Crippen LogP contribution in [-0.2, 0) is 4.79 Å². The number of nitrogens with zero attached hydrogens (tertiary/aromatic N) is 4. The molecule has 20 heavy (non-hydrogen) atoms. The van der Waals surface area contributed by atoms with E-state index in [-0.39, 0.29) is 17.9 Å². The van der Waals surface area contributed by atoms with Gasteiger partial charge in [0.15, 0.2) is 5.78 Å². The van der Waals surface area contributed by atoms with Crippen molar-refractivity contribution in [2.45, 2.75) is 37.8 Å². The fourth-order valence-electron chi connectivity index (χ4n) is 3.59. The zero-order valence-electron chi connectivity index (χ0n) is 12.2. The third-order valence-corrected chi connectivity index (χ3v) is 4.81. The Labute approximate surface area is 120 Å². The smallest absolute Gasteiger partial charge is 0.170 e. The van der Waals surface area contributed by atoms with Gasteiger partial charge < -0.3 is 9.80 Å². The van der Waals surface area contributed by atoms with Crippen molar-refractivity contribution in [3.05, 3.63) is 0 Å². The second-order valence-corrected chi connectivity index (χ2v) is 6.00. The fraction of sp³-hybridized carbons (Fsp3) is 0.800. The molecule has 2 rings (SSSR count). The Morgan fingerprint density at radius 1 is 1.00 bits per heavy atom. The summed E-state index contributed by atoms with van der Waals surface area (Å²) in [5.41, 5.74) is 0.